The van der Waals surface area contributed by atoms with Crippen LogP contribution in [-0.4, -0.2) is 16.3 Å². The lowest BCUT2D eigenvalue weighted by Gasteiger charge is -2.15. The van der Waals surface area contributed by atoms with Crippen molar-refractivity contribution in [3.8, 4) is 0 Å². The molecule has 1 aliphatic heterocycles. The molecule has 2 heterocycles. The molecule has 2 rings (SSSR count). The van der Waals surface area contributed by atoms with Gasteiger partial charge in [-0.1, -0.05) is 34.6 Å². The summed E-state index contributed by atoms with van der Waals surface area (Å²) in [5.41, 5.74) is 2.69. The Labute approximate surface area is 92.9 Å². The highest BCUT2D eigenvalue weighted by atomic mass is 15.3. The van der Waals surface area contributed by atoms with Crippen LogP contribution in [0.5, 0.6) is 0 Å². The van der Waals surface area contributed by atoms with Crippen LogP contribution in [0.25, 0.3) is 0 Å². The number of hydrogen-bond donors (Lipinski definition) is 1. The van der Waals surface area contributed by atoms with E-state index in [2.05, 4.69) is 41.9 Å². The molecule has 1 aliphatic rings. The molecular formula is C12H23N3. The Bertz CT molecular complexity index is 284. The Morgan fingerprint density at radius 1 is 1.33 bits per heavy atom. The molecular weight excluding hydrogens is 186 g/mol. The molecule has 0 aliphatic carbocycles. The maximum Gasteiger partial charge on any atom is 0.0681 e. The van der Waals surface area contributed by atoms with Gasteiger partial charge in [-0.25, -0.2) is 0 Å². The van der Waals surface area contributed by atoms with Gasteiger partial charge in [-0.05, 0) is 6.07 Å². The second kappa shape index (κ2) is 4.79. The third-order valence-electron chi connectivity index (χ3n) is 2.44. The fourth-order valence-electron chi connectivity index (χ4n) is 1.56. The molecule has 0 saturated carbocycles. The summed E-state index contributed by atoms with van der Waals surface area (Å²) in [5.74, 6) is 0. The molecule has 3 nitrogen and oxygen atoms in total. The molecule has 0 saturated heterocycles. The molecule has 0 spiro atoms. The highest BCUT2D eigenvalue weighted by Gasteiger charge is 2.20. The zero-order valence-electron chi connectivity index (χ0n) is 10.6. The molecule has 0 radical (unpaired) electrons. The minimum atomic E-state index is 0.171. The number of nitrogens with zero attached hydrogens (tertiary/aromatic N) is 2. The first kappa shape index (κ1) is 12.2. The van der Waals surface area contributed by atoms with Crippen molar-refractivity contribution in [3.05, 3.63) is 17.5 Å². The Morgan fingerprint density at radius 3 is 2.53 bits per heavy atom. The van der Waals surface area contributed by atoms with Crippen molar-refractivity contribution >= 4 is 0 Å². The van der Waals surface area contributed by atoms with Gasteiger partial charge in [-0.15, -0.1) is 0 Å². The maximum atomic E-state index is 4.60. The highest BCUT2D eigenvalue weighted by Crippen LogP contribution is 2.22. The Balaban J connectivity index is 0.000000531. The third-order valence-corrected chi connectivity index (χ3v) is 2.44. The molecule has 0 atom stereocenters. The lowest BCUT2D eigenvalue weighted by molar-refractivity contribution is 0.463. The monoisotopic (exact) mass is 209 g/mol. The van der Waals surface area contributed by atoms with E-state index in [1.54, 1.807) is 0 Å². The zero-order chi connectivity index (χ0) is 11.5. The first-order valence-electron chi connectivity index (χ1n) is 5.85. The van der Waals surface area contributed by atoms with Crippen molar-refractivity contribution in [2.24, 2.45) is 0 Å². The van der Waals surface area contributed by atoms with E-state index in [0.717, 1.165) is 19.6 Å². The number of rotatable bonds is 0. The van der Waals surface area contributed by atoms with Crippen LogP contribution in [0.4, 0.5) is 0 Å². The summed E-state index contributed by atoms with van der Waals surface area (Å²) < 4.78 is 2.12. The average Bonchev–Trinajstić information content (AvgIpc) is 2.63. The van der Waals surface area contributed by atoms with Crippen molar-refractivity contribution in [3.63, 3.8) is 0 Å². The van der Waals surface area contributed by atoms with Crippen LogP contribution in [-0.2, 0) is 18.5 Å². The highest BCUT2D eigenvalue weighted by molar-refractivity contribution is 5.18. The molecule has 1 aromatic rings. The predicted molar refractivity (Wildman–Crippen MR) is 64.0 cm³/mol. The average molecular weight is 209 g/mol. The minimum absolute atomic E-state index is 0.171. The lowest BCUT2D eigenvalue weighted by atomic mass is 9.92. The maximum absolute atomic E-state index is 4.60. The van der Waals surface area contributed by atoms with E-state index in [1.807, 2.05) is 13.8 Å². The minimum Gasteiger partial charge on any atom is -0.309 e. The molecule has 0 amide bonds. The second-order valence-electron chi connectivity index (χ2n) is 4.67. The van der Waals surface area contributed by atoms with Gasteiger partial charge in [0.15, 0.2) is 0 Å². The number of nitrogens with one attached hydrogen (secondary N) is 1. The third kappa shape index (κ3) is 2.81. The van der Waals surface area contributed by atoms with Gasteiger partial charge in [0.1, 0.15) is 0 Å². The summed E-state index contributed by atoms with van der Waals surface area (Å²) in [6.07, 6.45) is 0. The van der Waals surface area contributed by atoms with Gasteiger partial charge in [0.25, 0.3) is 0 Å². The van der Waals surface area contributed by atoms with Crippen LogP contribution < -0.4 is 5.32 Å². The van der Waals surface area contributed by atoms with Gasteiger partial charge < -0.3 is 5.32 Å². The van der Waals surface area contributed by atoms with Crippen LogP contribution in [0.3, 0.4) is 0 Å². The van der Waals surface area contributed by atoms with Crippen molar-refractivity contribution in [2.45, 2.75) is 53.1 Å². The van der Waals surface area contributed by atoms with Gasteiger partial charge >= 0.3 is 0 Å². The summed E-state index contributed by atoms with van der Waals surface area (Å²) in [4.78, 5) is 0. The van der Waals surface area contributed by atoms with E-state index >= 15 is 0 Å². The van der Waals surface area contributed by atoms with E-state index in [1.165, 1.54) is 11.4 Å². The topological polar surface area (TPSA) is 29.9 Å². The summed E-state index contributed by atoms with van der Waals surface area (Å²) in [5, 5.41) is 7.94. The largest absolute Gasteiger partial charge is 0.309 e. The van der Waals surface area contributed by atoms with Crippen molar-refractivity contribution in [2.75, 3.05) is 6.54 Å². The lowest BCUT2D eigenvalue weighted by Crippen LogP contribution is -2.28. The molecule has 3 heteroatoms. The van der Waals surface area contributed by atoms with Crippen molar-refractivity contribution in [1.82, 2.24) is 15.1 Å². The molecule has 86 valence electrons. The van der Waals surface area contributed by atoms with E-state index in [0.29, 0.717) is 0 Å². The van der Waals surface area contributed by atoms with E-state index in [-0.39, 0.29) is 5.41 Å². The number of aromatic nitrogens is 2. The SMILES string of the molecule is CC.CC(C)(C)c1cc2n(n1)CCNC2. The van der Waals surface area contributed by atoms with Crippen LogP contribution in [0.2, 0.25) is 0 Å². The Morgan fingerprint density at radius 2 is 2.00 bits per heavy atom. The van der Waals surface area contributed by atoms with Crippen LogP contribution in [0.1, 0.15) is 46.0 Å². The summed E-state index contributed by atoms with van der Waals surface area (Å²) in [6, 6.07) is 2.21. The molecule has 0 aromatic carbocycles. The number of fused-ring (bicyclic) bond motifs is 1. The molecule has 15 heavy (non-hydrogen) atoms. The van der Waals surface area contributed by atoms with Gasteiger partial charge in [-0.3, -0.25) is 4.68 Å². The molecule has 1 N–H and O–H groups in total. The molecule has 0 unspecified atom stereocenters. The first-order valence-corrected chi connectivity index (χ1v) is 5.85. The van der Waals surface area contributed by atoms with Crippen LogP contribution in [0, 0.1) is 0 Å². The van der Waals surface area contributed by atoms with E-state index < -0.39 is 0 Å². The standard InChI is InChI=1S/C10H17N3.C2H6/c1-10(2,3)9-6-8-7-11-4-5-13(8)12-9;1-2/h6,11H,4-5,7H2,1-3H3;1-2H3. The molecule has 0 bridgehead atoms. The predicted octanol–water partition coefficient (Wildman–Crippen LogP) is 2.31. The van der Waals surface area contributed by atoms with Crippen LogP contribution in [0.15, 0.2) is 6.07 Å². The van der Waals surface area contributed by atoms with Crippen LogP contribution >= 0.6 is 0 Å². The van der Waals surface area contributed by atoms with Crippen molar-refractivity contribution < 1.29 is 0 Å². The second-order valence-corrected chi connectivity index (χ2v) is 4.67. The fraction of sp³-hybridized carbons (Fsp3) is 0.750. The van der Waals surface area contributed by atoms with Gasteiger partial charge in [0.2, 0.25) is 0 Å². The fourth-order valence-corrected chi connectivity index (χ4v) is 1.56. The summed E-state index contributed by atoms with van der Waals surface area (Å²) >= 11 is 0. The summed E-state index contributed by atoms with van der Waals surface area (Å²) in [7, 11) is 0. The first-order chi connectivity index (χ1) is 7.07. The normalized spacial score (nSPS) is 15.3. The van der Waals surface area contributed by atoms with E-state index in [9.17, 15) is 0 Å². The van der Waals surface area contributed by atoms with E-state index in [4.69, 9.17) is 0 Å². The number of hydrogen-bond acceptors (Lipinski definition) is 2. The van der Waals surface area contributed by atoms with Gasteiger partial charge in [0, 0.05) is 18.5 Å². The smallest absolute Gasteiger partial charge is 0.0681 e. The quantitative estimate of drug-likeness (QED) is 0.710. The summed E-state index contributed by atoms with van der Waals surface area (Å²) in [6.45, 7) is 13.6. The van der Waals surface area contributed by atoms with Gasteiger partial charge in [-0.2, -0.15) is 5.10 Å². The molecule has 1 aromatic heterocycles. The Hall–Kier alpha value is -0.830. The van der Waals surface area contributed by atoms with Gasteiger partial charge in [0.05, 0.1) is 17.9 Å². The van der Waals surface area contributed by atoms with Crippen molar-refractivity contribution in [1.29, 1.82) is 0 Å². The Kier molecular flexibility index (Phi) is 3.91. The molecule has 0 fully saturated rings. The zero-order valence-corrected chi connectivity index (χ0v) is 10.6.